The van der Waals surface area contributed by atoms with Crippen molar-refractivity contribution in [2.45, 2.75) is 44.9 Å². The van der Waals surface area contributed by atoms with Gasteiger partial charge in [-0.2, -0.15) is 5.10 Å². The van der Waals surface area contributed by atoms with Gasteiger partial charge in [-0.05, 0) is 67.8 Å². The van der Waals surface area contributed by atoms with Gasteiger partial charge in [-0.1, -0.05) is 0 Å². The third kappa shape index (κ3) is 2.11. The second kappa shape index (κ2) is 4.71. The van der Waals surface area contributed by atoms with Crippen LogP contribution in [0.15, 0.2) is 12.4 Å². The lowest BCUT2D eigenvalue weighted by Gasteiger charge is -2.53. The molecule has 3 nitrogen and oxygen atoms in total. The van der Waals surface area contributed by atoms with Crippen LogP contribution in [-0.4, -0.2) is 15.6 Å². The van der Waals surface area contributed by atoms with Crippen molar-refractivity contribution in [1.29, 1.82) is 0 Å². The van der Waals surface area contributed by atoms with Crippen LogP contribution in [0.5, 0.6) is 0 Å². The molecule has 108 valence electrons. The van der Waals surface area contributed by atoms with Gasteiger partial charge >= 0.3 is 0 Å². The molecule has 4 aliphatic rings. The summed E-state index contributed by atoms with van der Waals surface area (Å²) in [6, 6.07) is 0. The van der Waals surface area contributed by atoms with Crippen molar-refractivity contribution < 1.29 is 4.79 Å². The molecule has 0 amide bonds. The van der Waals surface area contributed by atoms with Gasteiger partial charge in [0.25, 0.3) is 0 Å². The molecule has 4 aliphatic carbocycles. The Balaban J connectivity index is 1.41. The molecule has 0 spiro atoms. The van der Waals surface area contributed by atoms with Gasteiger partial charge in [0, 0.05) is 25.6 Å². The molecule has 4 fully saturated rings. The second-order valence-electron chi connectivity index (χ2n) is 7.45. The number of aryl methyl sites for hydroxylation is 2. The zero-order valence-electron chi connectivity index (χ0n) is 12.3. The van der Waals surface area contributed by atoms with Crippen molar-refractivity contribution >= 4 is 5.78 Å². The molecule has 5 rings (SSSR count). The minimum absolute atomic E-state index is 0.402. The Morgan fingerprint density at radius 1 is 1.20 bits per heavy atom. The molecule has 0 aliphatic heterocycles. The summed E-state index contributed by atoms with van der Waals surface area (Å²) in [6.07, 6.45) is 12.4. The van der Waals surface area contributed by atoms with Crippen LogP contribution in [0.25, 0.3) is 0 Å². The fourth-order valence-electron chi connectivity index (χ4n) is 5.49. The Labute approximate surface area is 120 Å². The average molecular weight is 272 g/mol. The van der Waals surface area contributed by atoms with E-state index in [0.717, 1.165) is 36.5 Å². The molecule has 20 heavy (non-hydrogen) atoms. The largest absolute Gasteiger partial charge is 0.299 e. The Morgan fingerprint density at radius 2 is 1.85 bits per heavy atom. The van der Waals surface area contributed by atoms with Crippen LogP contribution in [0.3, 0.4) is 0 Å². The standard InChI is InChI=1S/C17H24N2O/c1-19-10-11(9-18-19)2-3-16(20)17-14-5-12-4-13(7-14)8-15(17)6-12/h9-10,12-15,17H,2-8H2,1H3. The predicted octanol–water partition coefficient (Wildman–Crippen LogP) is 2.99. The van der Waals surface area contributed by atoms with Crippen molar-refractivity contribution in [2.24, 2.45) is 36.6 Å². The minimum atomic E-state index is 0.402. The molecule has 3 heteroatoms. The first-order valence-electron chi connectivity index (χ1n) is 8.19. The Bertz CT molecular complexity index is 491. The summed E-state index contributed by atoms with van der Waals surface area (Å²) in [5.41, 5.74) is 1.20. The monoisotopic (exact) mass is 272 g/mol. The van der Waals surface area contributed by atoms with Crippen LogP contribution in [0.2, 0.25) is 0 Å². The number of hydrogen-bond donors (Lipinski definition) is 0. The van der Waals surface area contributed by atoms with E-state index in [-0.39, 0.29) is 0 Å². The molecule has 0 N–H and O–H groups in total. The molecular formula is C17H24N2O. The van der Waals surface area contributed by atoms with Gasteiger partial charge in [0.2, 0.25) is 0 Å². The normalized spacial score (nSPS) is 38.4. The molecule has 1 heterocycles. The first-order chi connectivity index (χ1) is 9.69. The highest BCUT2D eigenvalue weighted by Gasteiger charge is 2.50. The summed E-state index contributed by atoms with van der Waals surface area (Å²) in [5, 5.41) is 4.19. The van der Waals surface area contributed by atoms with Crippen LogP contribution >= 0.6 is 0 Å². The molecule has 0 aromatic carbocycles. The SMILES string of the molecule is Cn1cc(CCC(=O)C2C3CC4CC(C3)CC2C4)cn1. The lowest BCUT2D eigenvalue weighted by atomic mass is 9.51. The molecule has 1 aromatic heterocycles. The number of ketones is 1. The van der Waals surface area contributed by atoms with Crippen LogP contribution < -0.4 is 0 Å². The van der Waals surface area contributed by atoms with E-state index in [1.54, 1.807) is 0 Å². The highest BCUT2D eigenvalue weighted by Crippen LogP contribution is 2.56. The summed E-state index contributed by atoms with van der Waals surface area (Å²) in [5.74, 6) is 4.32. The van der Waals surface area contributed by atoms with E-state index in [1.807, 2.05) is 24.1 Å². The Morgan fingerprint density at radius 3 is 2.40 bits per heavy atom. The van der Waals surface area contributed by atoms with Gasteiger partial charge in [0.1, 0.15) is 5.78 Å². The summed E-state index contributed by atoms with van der Waals surface area (Å²) in [4.78, 5) is 12.7. The third-order valence-corrected chi connectivity index (χ3v) is 6.02. The van der Waals surface area contributed by atoms with Crippen LogP contribution in [0.4, 0.5) is 0 Å². The van der Waals surface area contributed by atoms with Crippen LogP contribution in [0, 0.1) is 29.6 Å². The number of carbonyl (C=O) groups is 1. The smallest absolute Gasteiger partial charge is 0.136 e. The molecule has 0 radical (unpaired) electrons. The molecule has 0 unspecified atom stereocenters. The summed E-state index contributed by atoms with van der Waals surface area (Å²) < 4.78 is 1.82. The molecule has 4 saturated carbocycles. The predicted molar refractivity (Wildman–Crippen MR) is 77.1 cm³/mol. The van der Waals surface area contributed by atoms with Gasteiger partial charge in [-0.25, -0.2) is 0 Å². The van der Waals surface area contributed by atoms with Crippen LogP contribution in [-0.2, 0) is 18.3 Å². The summed E-state index contributed by atoms with van der Waals surface area (Å²) in [6.45, 7) is 0. The first-order valence-corrected chi connectivity index (χ1v) is 8.19. The number of rotatable bonds is 4. The maximum Gasteiger partial charge on any atom is 0.136 e. The number of aromatic nitrogens is 2. The summed E-state index contributed by atoms with van der Waals surface area (Å²) in [7, 11) is 1.93. The third-order valence-electron chi connectivity index (χ3n) is 6.02. The van der Waals surface area contributed by atoms with Crippen molar-refractivity contribution in [3.05, 3.63) is 18.0 Å². The van der Waals surface area contributed by atoms with Gasteiger partial charge in [0.15, 0.2) is 0 Å². The lowest BCUT2D eigenvalue weighted by molar-refractivity contribution is -0.135. The van der Waals surface area contributed by atoms with Gasteiger partial charge in [0.05, 0.1) is 6.20 Å². The fraction of sp³-hybridized carbons (Fsp3) is 0.765. The van der Waals surface area contributed by atoms with Crippen molar-refractivity contribution in [1.82, 2.24) is 9.78 Å². The lowest BCUT2D eigenvalue weighted by Crippen LogP contribution is -2.48. The van der Waals surface area contributed by atoms with E-state index in [0.29, 0.717) is 11.7 Å². The number of nitrogens with zero attached hydrogens (tertiary/aromatic N) is 2. The topological polar surface area (TPSA) is 34.9 Å². The van der Waals surface area contributed by atoms with Gasteiger partial charge in [-0.3, -0.25) is 9.48 Å². The molecule has 0 atom stereocenters. The van der Waals surface area contributed by atoms with E-state index in [9.17, 15) is 4.79 Å². The molecule has 1 aromatic rings. The van der Waals surface area contributed by atoms with Crippen molar-refractivity contribution in [3.63, 3.8) is 0 Å². The molecular weight excluding hydrogens is 248 g/mol. The Hall–Kier alpha value is -1.12. The van der Waals surface area contributed by atoms with Gasteiger partial charge in [-0.15, -0.1) is 0 Å². The molecule has 0 saturated heterocycles. The highest BCUT2D eigenvalue weighted by molar-refractivity contribution is 5.82. The van der Waals surface area contributed by atoms with Crippen molar-refractivity contribution in [2.75, 3.05) is 0 Å². The van der Waals surface area contributed by atoms with E-state index in [1.165, 1.54) is 37.7 Å². The van der Waals surface area contributed by atoms with Crippen molar-refractivity contribution in [3.8, 4) is 0 Å². The van der Waals surface area contributed by atoms with E-state index < -0.39 is 0 Å². The van der Waals surface area contributed by atoms with E-state index in [2.05, 4.69) is 5.10 Å². The van der Waals surface area contributed by atoms with Crippen LogP contribution in [0.1, 0.15) is 44.1 Å². The Kier molecular flexibility index (Phi) is 2.97. The second-order valence-corrected chi connectivity index (χ2v) is 7.45. The quantitative estimate of drug-likeness (QED) is 0.844. The zero-order valence-corrected chi connectivity index (χ0v) is 12.3. The number of carbonyl (C=O) groups excluding carboxylic acids is 1. The van der Waals surface area contributed by atoms with E-state index in [4.69, 9.17) is 0 Å². The zero-order chi connectivity index (χ0) is 13.7. The maximum atomic E-state index is 12.7. The average Bonchev–Trinajstić information content (AvgIpc) is 2.81. The number of Topliss-reactive ketones (excluding diaryl/α,β-unsaturated/α-hetero) is 1. The number of hydrogen-bond acceptors (Lipinski definition) is 2. The highest BCUT2D eigenvalue weighted by atomic mass is 16.1. The fourth-order valence-corrected chi connectivity index (χ4v) is 5.49. The van der Waals surface area contributed by atoms with Gasteiger partial charge < -0.3 is 0 Å². The summed E-state index contributed by atoms with van der Waals surface area (Å²) >= 11 is 0. The molecule has 4 bridgehead atoms. The maximum absolute atomic E-state index is 12.7. The minimum Gasteiger partial charge on any atom is -0.299 e. The first kappa shape index (κ1) is 12.6. The van der Waals surface area contributed by atoms with E-state index >= 15 is 0 Å².